The van der Waals surface area contributed by atoms with Gasteiger partial charge in [-0.15, -0.1) is 0 Å². The van der Waals surface area contributed by atoms with Crippen LogP contribution in [0, 0.1) is 5.92 Å². The largest absolute Gasteiger partial charge is 0.395 e. The Morgan fingerprint density at radius 1 is 1.44 bits per heavy atom. The van der Waals surface area contributed by atoms with E-state index in [1.807, 2.05) is 0 Å². The van der Waals surface area contributed by atoms with E-state index in [-0.39, 0.29) is 6.61 Å². The number of aliphatic hydroxyl groups is 1. The molecular formula is C13H24N2O. The minimum absolute atomic E-state index is 0.282. The lowest BCUT2D eigenvalue weighted by Gasteiger charge is -2.25. The van der Waals surface area contributed by atoms with E-state index in [4.69, 9.17) is 0 Å². The van der Waals surface area contributed by atoms with E-state index in [0.717, 1.165) is 25.7 Å². The van der Waals surface area contributed by atoms with Crippen LogP contribution in [0.1, 0.15) is 26.2 Å². The molecule has 3 heteroatoms. The first kappa shape index (κ1) is 12.1. The van der Waals surface area contributed by atoms with Crippen LogP contribution in [0.5, 0.6) is 0 Å². The van der Waals surface area contributed by atoms with Crippen LogP contribution in [0.25, 0.3) is 0 Å². The van der Waals surface area contributed by atoms with E-state index in [2.05, 4.69) is 23.7 Å². The molecule has 2 unspecified atom stereocenters. The van der Waals surface area contributed by atoms with Gasteiger partial charge in [0.15, 0.2) is 0 Å². The average molecular weight is 224 g/mol. The topological polar surface area (TPSA) is 35.5 Å². The highest BCUT2D eigenvalue weighted by Gasteiger charge is 2.30. The molecule has 0 bridgehead atoms. The summed E-state index contributed by atoms with van der Waals surface area (Å²) in [7, 11) is 0. The lowest BCUT2D eigenvalue weighted by molar-refractivity contribution is 0.147. The third-order valence-corrected chi connectivity index (χ3v) is 3.83. The van der Waals surface area contributed by atoms with Crippen molar-refractivity contribution in [2.75, 3.05) is 26.2 Å². The van der Waals surface area contributed by atoms with Gasteiger partial charge in [0, 0.05) is 25.2 Å². The standard InChI is InChI=1S/C13H24N2O/c1-10(7-14-12-3-4-12)8-15-6-5-11(2)13(15)9-16/h11-14,16H,1,3-9H2,2H3. The second kappa shape index (κ2) is 5.30. The predicted octanol–water partition coefficient (Wildman–Crippen LogP) is 0.997. The van der Waals surface area contributed by atoms with Crippen molar-refractivity contribution < 1.29 is 5.11 Å². The van der Waals surface area contributed by atoms with E-state index in [0.29, 0.717) is 12.0 Å². The zero-order chi connectivity index (χ0) is 11.5. The number of rotatable bonds is 6. The molecule has 2 fully saturated rings. The van der Waals surface area contributed by atoms with Crippen molar-refractivity contribution in [3.05, 3.63) is 12.2 Å². The van der Waals surface area contributed by atoms with Gasteiger partial charge in [0.05, 0.1) is 6.61 Å². The van der Waals surface area contributed by atoms with Crippen LogP contribution in [0.4, 0.5) is 0 Å². The van der Waals surface area contributed by atoms with E-state index >= 15 is 0 Å². The normalized spacial score (nSPS) is 30.9. The molecule has 0 spiro atoms. The van der Waals surface area contributed by atoms with Crippen LogP contribution in [0.2, 0.25) is 0 Å². The number of nitrogens with zero attached hydrogens (tertiary/aromatic N) is 1. The Hall–Kier alpha value is -0.380. The number of hydrogen-bond acceptors (Lipinski definition) is 3. The summed E-state index contributed by atoms with van der Waals surface area (Å²) in [5.41, 5.74) is 1.25. The van der Waals surface area contributed by atoms with Crippen molar-refractivity contribution in [1.82, 2.24) is 10.2 Å². The fourth-order valence-electron chi connectivity index (χ4n) is 2.50. The molecule has 1 saturated heterocycles. The zero-order valence-electron chi connectivity index (χ0n) is 10.3. The Morgan fingerprint density at radius 3 is 2.81 bits per heavy atom. The van der Waals surface area contributed by atoms with E-state index in [1.165, 1.54) is 24.8 Å². The third-order valence-electron chi connectivity index (χ3n) is 3.83. The van der Waals surface area contributed by atoms with E-state index in [1.54, 1.807) is 0 Å². The van der Waals surface area contributed by atoms with Gasteiger partial charge < -0.3 is 10.4 Å². The fourth-order valence-corrected chi connectivity index (χ4v) is 2.50. The van der Waals surface area contributed by atoms with Crippen LogP contribution >= 0.6 is 0 Å². The van der Waals surface area contributed by atoms with Crippen LogP contribution in [0.15, 0.2) is 12.2 Å². The van der Waals surface area contributed by atoms with Gasteiger partial charge in [-0.25, -0.2) is 0 Å². The van der Waals surface area contributed by atoms with Crippen LogP contribution in [0.3, 0.4) is 0 Å². The van der Waals surface area contributed by atoms with Gasteiger partial charge >= 0.3 is 0 Å². The zero-order valence-corrected chi connectivity index (χ0v) is 10.3. The first-order valence-corrected chi connectivity index (χ1v) is 6.45. The molecule has 0 amide bonds. The van der Waals surface area contributed by atoms with Gasteiger partial charge in [-0.1, -0.05) is 13.5 Å². The van der Waals surface area contributed by atoms with Crippen molar-refractivity contribution in [3.63, 3.8) is 0 Å². The summed E-state index contributed by atoms with van der Waals surface area (Å²) in [6.45, 7) is 9.62. The van der Waals surface area contributed by atoms with Crippen LogP contribution < -0.4 is 5.32 Å². The Labute approximate surface area is 98.5 Å². The summed E-state index contributed by atoms with van der Waals surface area (Å²) in [5, 5.41) is 12.8. The highest BCUT2D eigenvalue weighted by molar-refractivity contribution is 5.04. The van der Waals surface area contributed by atoms with Crippen molar-refractivity contribution in [2.45, 2.75) is 38.3 Å². The summed E-state index contributed by atoms with van der Waals surface area (Å²) < 4.78 is 0. The number of nitrogens with one attached hydrogen (secondary N) is 1. The quantitative estimate of drug-likeness (QED) is 0.661. The Kier molecular flexibility index (Phi) is 4.00. The van der Waals surface area contributed by atoms with Gasteiger partial charge in [-0.2, -0.15) is 0 Å². The number of aliphatic hydroxyl groups excluding tert-OH is 1. The molecular weight excluding hydrogens is 200 g/mol. The lowest BCUT2D eigenvalue weighted by Crippen LogP contribution is -2.37. The minimum Gasteiger partial charge on any atom is -0.395 e. The fraction of sp³-hybridized carbons (Fsp3) is 0.846. The molecule has 0 aromatic heterocycles. The highest BCUT2D eigenvalue weighted by atomic mass is 16.3. The summed E-state index contributed by atoms with van der Waals surface area (Å²) >= 11 is 0. The second-order valence-electron chi connectivity index (χ2n) is 5.39. The van der Waals surface area contributed by atoms with Gasteiger partial charge in [0.2, 0.25) is 0 Å². The first-order valence-electron chi connectivity index (χ1n) is 6.45. The Bertz CT molecular complexity index is 250. The van der Waals surface area contributed by atoms with Gasteiger partial charge in [-0.05, 0) is 37.3 Å². The Morgan fingerprint density at radius 2 is 2.19 bits per heavy atom. The molecule has 2 atom stereocenters. The van der Waals surface area contributed by atoms with E-state index < -0.39 is 0 Å². The van der Waals surface area contributed by atoms with Crippen molar-refractivity contribution in [3.8, 4) is 0 Å². The average Bonchev–Trinajstić information content (AvgIpc) is 3.02. The molecule has 1 heterocycles. The maximum absolute atomic E-state index is 9.36. The number of hydrogen-bond donors (Lipinski definition) is 2. The maximum Gasteiger partial charge on any atom is 0.0589 e. The second-order valence-corrected chi connectivity index (χ2v) is 5.39. The van der Waals surface area contributed by atoms with Gasteiger partial charge in [-0.3, -0.25) is 4.90 Å². The van der Waals surface area contributed by atoms with Gasteiger partial charge in [0.25, 0.3) is 0 Å². The molecule has 3 nitrogen and oxygen atoms in total. The molecule has 0 radical (unpaired) electrons. The molecule has 1 aliphatic carbocycles. The van der Waals surface area contributed by atoms with Crippen molar-refractivity contribution in [2.24, 2.45) is 5.92 Å². The molecule has 2 aliphatic rings. The van der Waals surface area contributed by atoms with Crippen molar-refractivity contribution in [1.29, 1.82) is 0 Å². The first-order chi connectivity index (χ1) is 7.70. The Balaban J connectivity index is 1.72. The molecule has 1 aliphatic heterocycles. The lowest BCUT2D eigenvalue weighted by atomic mass is 10.0. The monoisotopic (exact) mass is 224 g/mol. The smallest absolute Gasteiger partial charge is 0.0589 e. The third kappa shape index (κ3) is 3.06. The maximum atomic E-state index is 9.36. The molecule has 92 valence electrons. The van der Waals surface area contributed by atoms with Crippen LogP contribution in [-0.4, -0.2) is 48.3 Å². The summed E-state index contributed by atoms with van der Waals surface area (Å²) in [5.74, 6) is 0.620. The molecule has 2 rings (SSSR count). The van der Waals surface area contributed by atoms with Gasteiger partial charge in [0.1, 0.15) is 0 Å². The summed E-state index contributed by atoms with van der Waals surface area (Å²) in [6, 6.07) is 1.10. The highest BCUT2D eigenvalue weighted by Crippen LogP contribution is 2.24. The summed E-state index contributed by atoms with van der Waals surface area (Å²) in [6.07, 6.45) is 3.86. The molecule has 16 heavy (non-hydrogen) atoms. The van der Waals surface area contributed by atoms with Crippen molar-refractivity contribution >= 4 is 0 Å². The molecule has 2 N–H and O–H groups in total. The molecule has 0 aromatic carbocycles. The predicted molar refractivity (Wildman–Crippen MR) is 66.4 cm³/mol. The van der Waals surface area contributed by atoms with E-state index in [9.17, 15) is 5.11 Å². The molecule has 0 aromatic rings. The summed E-state index contributed by atoms with van der Waals surface area (Å²) in [4.78, 5) is 2.38. The minimum atomic E-state index is 0.282. The molecule has 1 saturated carbocycles. The number of likely N-dealkylation sites (tertiary alicyclic amines) is 1. The SMILES string of the molecule is C=C(CNC1CC1)CN1CCC(C)C1CO. The van der Waals surface area contributed by atoms with Crippen LogP contribution in [-0.2, 0) is 0 Å².